The molecular weight excluding hydrogens is 370 g/mol. The van der Waals surface area contributed by atoms with E-state index in [-0.39, 0.29) is 6.07 Å². The number of benzene rings is 1. The van der Waals surface area contributed by atoms with Crippen molar-refractivity contribution < 1.29 is 29.7 Å². The maximum Gasteiger partial charge on any atom is 0.335 e. The van der Waals surface area contributed by atoms with E-state index >= 15 is 0 Å². The summed E-state index contributed by atoms with van der Waals surface area (Å²) in [6.45, 7) is -1.24. The van der Waals surface area contributed by atoms with Gasteiger partial charge in [0.25, 0.3) is 10.8 Å². The molecule has 0 radical (unpaired) electrons. The number of nitro groups is 4. The molecule has 0 unspecified atom stereocenters. The molecule has 1 rings (SSSR count). The Hall–Kier alpha value is -4.38. The summed E-state index contributed by atoms with van der Waals surface area (Å²) in [7, 11) is 0. The van der Waals surface area contributed by atoms with Crippen LogP contribution in [0.3, 0.4) is 0 Å². The van der Waals surface area contributed by atoms with E-state index < -0.39 is 66.5 Å². The first kappa shape index (κ1) is 19.7. The maximum absolute atomic E-state index is 11.2. The molecule has 0 aliphatic carbocycles. The number of hydrazine groups is 1. The Labute approximate surface area is 140 Å². The zero-order chi connectivity index (χ0) is 20.0. The molecule has 0 saturated carbocycles. The zero-order valence-electron chi connectivity index (χ0n) is 12.2. The summed E-state index contributed by atoms with van der Waals surface area (Å²) < 4.78 is 0. The van der Waals surface area contributed by atoms with Crippen LogP contribution >= 0.6 is 0 Å². The standard InChI is InChI=1S/C8H7N7O11/c16-11(17)4-3-5(12(18)19)7(10-14(22)23)8(13(20)21)6(4)9-1-2-26-15(24)25/h3,9-10H,1-2H2. The Kier molecular flexibility index (Phi) is 6.00. The van der Waals surface area contributed by atoms with Gasteiger partial charge in [0.1, 0.15) is 6.61 Å². The molecule has 0 bridgehead atoms. The number of hydrogen-bond acceptors (Lipinski definition) is 12. The lowest BCUT2D eigenvalue weighted by molar-refractivity contribution is -0.757. The number of nitrogens with one attached hydrogen (secondary N) is 2. The van der Waals surface area contributed by atoms with Gasteiger partial charge in [0.05, 0.1) is 20.8 Å². The first-order valence-electron chi connectivity index (χ1n) is 6.12. The first-order chi connectivity index (χ1) is 12.1. The molecule has 1 aromatic carbocycles. The highest BCUT2D eigenvalue weighted by atomic mass is 16.9. The first-order valence-corrected chi connectivity index (χ1v) is 6.12. The summed E-state index contributed by atoms with van der Waals surface area (Å²) in [6, 6.07) is 0.273. The molecule has 2 N–H and O–H groups in total. The minimum absolute atomic E-state index is 0.273. The summed E-state index contributed by atoms with van der Waals surface area (Å²) in [5.41, 5.74) is -4.67. The Morgan fingerprint density at radius 2 is 1.38 bits per heavy atom. The van der Waals surface area contributed by atoms with E-state index in [1.807, 2.05) is 0 Å². The van der Waals surface area contributed by atoms with E-state index in [0.29, 0.717) is 0 Å². The highest BCUT2D eigenvalue weighted by Crippen LogP contribution is 2.46. The minimum Gasteiger partial charge on any atom is -0.372 e. The summed E-state index contributed by atoms with van der Waals surface area (Å²) in [5.74, 6) is 0. The van der Waals surface area contributed by atoms with Crippen molar-refractivity contribution in [3.8, 4) is 0 Å². The van der Waals surface area contributed by atoms with Gasteiger partial charge in [-0.15, -0.1) is 10.1 Å². The van der Waals surface area contributed by atoms with Crippen molar-refractivity contribution in [2.45, 2.75) is 0 Å². The highest BCUT2D eigenvalue weighted by Gasteiger charge is 2.39. The van der Waals surface area contributed by atoms with Gasteiger partial charge in [0.15, 0.2) is 10.7 Å². The van der Waals surface area contributed by atoms with Crippen LogP contribution in [0.1, 0.15) is 0 Å². The second-order valence-corrected chi connectivity index (χ2v) is 4.14. The Balaban J connectivity index is 3.58. The monoisotopic (exact) mass is 377 g/mol. The van der Waals surface area contributed by atoms with Crippen molar-refractivity contribution in [1.82, 2.24) is 0 Å². The highest BCUT2D eigenvalue weighted by molar-refractivity contribution is 5.89. The summed E-state index contributed by atoms with van der Waals surface area (Å²) in [4.78, 5) is 54.0. The number of nitrogens with zero attached hydrogens (tertiary/aromatic N) is 5. The zero-order valence-corrected chi connectivity index (χ0v) is 12.2. The van der Waals surface area contributed by atoms with Crippen LogP contribution in [0.2, 0.25) is 0 Å². The smallest absolute Gasteiger partial charge is 0.335 e. The Morgan fingerprint density at radius 1 is 0.846 bits per heavy atom. The molecule has 0 amide bonds. The van der Waals surface area contributed by atoms with Gasteiger partial charge < -0.3 is 10.2 Å². The Morgan fingerprint density at radius 3 is 1.81 bits per heavy atom. The van der Waals surface area contributed by atoms with Crippen LogP contribution < -0.4 is 10.7 Å². The molecule has 0 aliphatic heterocycles. The molecule has 0 heterocycles. The van der Waals surface area contributed by atoms with Gasteiger partial charge in [-0.05, 0) is 0 Å². The topological polar surface area (TPSA) is 249 Å². The van der Waals surface area contributed by atoms with Gasteiger partial charge in [-0.1, -0.05) is 5.43 Å². The number of rotatable bonds is 10. The van der Waals surface area contributed by atoms with Crippen LogP contribution in [0.15, 0.2) is 6.07 Å². The van der Waals surface area contributed by atoms with Crippen LogP contribution in [-0.2, 0) is 4.84 Å². The summed E-state index contributed by atoms with van der Waals surface area (Å²) in [6.07, 6.45) is 0. The molecule has 26 heavy (non-hydrogen) atoms. The van der Waals surface area contributed by atoms with Gasteiger partial charge in [-0.3, -0.25) is 30.3 Å². The van der Waals surface area contributed by atoms with E-state index in [9.17, 15) is 50.6 Å². The van der Waals surface area contributed by atoms with E-state index in [4.69, 9.17) is 0 Å². The van der Waals surface area contributed by atoms with Gasteiger partial charge in [-0.2, -0.15) is 0 Å². The van der Waals surface area contributed by atoms with E-state index in [2.05, 4.69) is 10.2 Å². The van der Waals surface area contributed by atoms with E-state index in [1.54, 1.807) is 0 Å². The second kappa shape index (κ2) is 7.94. The van der Waals surface area contributed by atoms with Crippen LogP contribution in [0.5, 0.6) is 0 Å². The molecule has 0 spiro atoms. The lowest BCUT2D eigenvalue weighted by Gasteiger charge is -2.09. The van der Waals surface area contributed by atoms with Gasteiger partial charge in [0.2, 0.25) is 0 Å². The third-order valence-corrected chi connectivity index (χ3v) is 2.64. The summed E-state index contributed by atoms with van der Waals surface area (Å²) >= 11 is 0. The van der Waals surface area contributed by atoms with Crippen LogP contribution in [0, 0.1) is 50.6 Å². The van der Waals surface area contributed by atoms with Crippen molar-refractivity contribution in [3.05, 3.63) is 56.6 Å². The molecule has 18 heteroatoms. The van der Waals surface area contributed by atoms with E-state index in [1.165, 1.54) is 5.43 Å². The fourth-order valence-electron chi connectivity index (χ4n) is 1.78. The SMILES string of the molecule is O=[N+]([O-])Nc1c([N+](=O)[O-])cc([N+](=O)[O-])c(NCCO[N+](=O)[O-])c1[N+](=O)[O-]. The maximum atomic E-state index is 11.2. The molecule has 0 aliphatic rings. The quantitative estimate of drug-likeness (QED) is 0.323. The van der Waals surface area contributed by atoms with E-state index in [0.717, 1.165) is 0 Å². The van der Waals surface area contributed by atoms with Crippen molar-refractivity contribution in [1.29, 1.82) is 0 Å². The second-order valence-electron chi connectivity index (χ2n) is 4.14. The average Bonchev–Trinajstić information content (AvgIpc) is 2.49. The predicted molar refractivity (Wildman–Crippen MR) is 78.5 cm³/mol. The molecule has 1 aromatic rings. The Bertz CT molecular complexity index is 793. The van der Waals surface area contributed by atoms with Crippen LogP contribution in [-0.4, -0.2) is 38.0 Å². The molecule has 140 valence electrons. The van der Waals surface area contributed by atoms with Crippen molar-refractivity contribution in [3.63, 3.8) is 0 Å². The minimum atomic E-state index is -1.36. The van der Waals surface area contributed by atoms with Crippen molar-refractivity contribution in [2.75, 3.05) is 23.9 Å². The number of nitro benzene ring substituents is 3. The van der Waals surface area contributed by atoms with Crippen LogP contribution in [0.25, 0.3) is 0 Å². The molecular formula is C8H7N7O11. The molecule has 18 nitrogen and oxygen atoms in total. The molecule has 0 aromatic heterocycles. The predicted octanol–water partition coefficient (Wildman–Crippen LogP) is 0.635. The van der Waals surface area contributed by atoms with Gasteiger partial charge in [-0.25, -0.2) is 10.1 Å². The number of hydrogen-bond donors (Lipinski definition) is 2. The third kappa shape index (κ3) is 4.56. The molecule has 0 atom stereocenters. The van der Waals surface area contributed by atoms with Crippen LogP contribution in [0.4, 0.5) is 28.4 Å². The van der Waals surface area contributed by atoms with Gasteiger partial charge in [0, 0.05) is 6.54 Å². The molecule has 0 saturated heterocycles. The number of anilines is 2. The third-order valence-electron chi connectivity index (χ3n) is 2.64. The largest absolute Gasteiger partial charge is 0.372 e. The lowest BCUT2D eigenvalue weighted by atomic mass is 10.1. The van der Waals surface area contributed by atoms with Crippen molar-refractivity contribution in [2.24, 2.45) is 0 Å². The van der Waals surface area contributed by atoms with Crippen molar-refractivity contribution >= 4 is 28.4 Å². The van der Waals surface area contributed by atoms with Gasteiger partial charge >= 0.3 is 17.1 Å². The molecule has 0 fully saturated rings. The average molecular weight is 377 g/mol. The lowest BCUT2D eigenvalue weighted by Crippen LogP contribution is -2.17. The summed E-state index contributed by atoms with van der Waals surface area (Å²) in [5, 5.41) is 53.5. The normalized spacial score (nSPS) is 9.85. The fourth-order valence-corrected chi connectivity index (χ4v) is 1.78. The fraction of sp³-hybridized carbons (Fsp3) is 0.250.